The van der Waals surface area contributed by atoms with Gasteiger partial charge >= 0.3 is 10.1 Å². The number of carbonyl (C=O) groups is 1. The van der Waals surface area contributed by atoms with Crippen LogP contribution in [0.25, 0.3) is 0 Å². The first kappa shape index (κ1) is 18.9. The lowest BCUT2D eigenvalue weighted by Gasteiger charge is -2.16. The molecule has 2 aromatic rings. The lowest BCUT2D eigenvalue weighted by molar-refractivity contribution is -0.117. The fourth-order valence-corrected chi connectivity index (χ4v) is 3.01. The Morgan fingerprint density at radius 3 is 2.40 bits per heavy atom. The Labute approximate surface area is 146 Å². The maximum Gasteiger partial charge on any atom is 0.310 e. The quantitative estimate of drug-likeness (QED) is 0.724. The van der Waals surface area contributed by atoms with E-state index in [2.05, 4.69) is 5.32 Å². The zero-order chi connectivity index (χ0) is 18.3. The molecule has 0 spiro atoms. The number of anilines is 1. The Kier molecular flexibility index (Phi) is 6.49. The third-order valence-electron chi connectivity index (χ3n) is 3.23. The normalized spacial score (nSPS) is 11.3. The van der Waals surface area contributed by atoms with E-state index in [0.29, 0.717) is 5.69 Å². The molecule has 0 atom stereocenters. The van der Waals surface area contributed by atoms with E-state index in [0.717, 1.165) is 0 Å². The van der Waals surface area contributed by atoms with Gasteiger partial charge in [-0.1, -0.05) is 18.2 Å². The van der Waals surface area contributed by atoms with Crippen LogP contribution in [-0.2, 0) is 14.9 Å². The Morgan fingerprint density at radius 1 is 1.12 bits per heavy atom. The van der Waals surface area contributed by atoms with Crippen molar-refractivity contribution in [2.24, 2.45) is 0 Å². The molecule has 0 radical (unpaired) electrons. The number of nitrogens with one attached hydrogen (secondary N) is 1. The second kappa shape index (κ2) is 8.59. The second-order valence-corrected chi connectivity index (χ2v) is 7.14. The molecule has 0 aliphatic carbocycles. The summed E-state index contributed by atoms with van der Waals surface area (Å²) in [6.45, 7) is 0.129. The summed E-state index contributed by atoms with van der Waals surface area (Å²) in [6, 6.07) is 13.6. The molecule has 134 valence electrons. The summed E-state index contributed by atoms with van der Waals surface area (Å²) in [5.74, 6) is -0.712. The highest BCUT2D eigenvalue weighted by atomic mass is 32.2. The summed E-state index contributed by atoms with van der Waals surface area (Å²) in [4.78, 5) is 13.5. The molecular formula is C17H19FN2O4S. The lowest BCUT2D eigenvalue weighted by atomic mass is 10.3. The van der Waals surface area contributed by atoms with E-state index in [1.807, 2.05) is 0 Å². The molecule has 8 heteroatoms. The zero-order valence-electron chi connectivity index (χ0n) is 13.7. The molecule has 1 amide bonds. The Bertz CT molecular complexity index is 795. The van der Waals surface area contributed by atoms with Crippen molar-refractivity contribution in [2.75, 3.05) is 31.2 Å². The summed E-state index contributed by atoms with van der Waals surface area (Å²) in [5, 5.41) is 2.61. The van der Waals surface area contributed by atoms with Crippen LogP contribution in [0.5, 0.6) is 5.75 Å². The number of likely N-dealkylation sites (N-methyl/N-ethyl adjacent to an activating group) is 1. The first-order chi connectivity index (χ1) is 11.8. The minimum Gasteiger partial charge on any atom is -0.382 e. The van der Waals surface area contributed by atoms with Crippen LogP contribution in [0.4, 0.5) is 10.1 Å². The van der Waals surface area contributed by atoms with Crippen molar-refractivity contribution >= 4 is 21.7 Å². The average Bonchev–Trinajstić information content (AvgIpc) is 2.56. The molecular weight excluding hydrogens is 347 g/mol. The predicted molar refractivity (Wildman–Crippen MR) is 93.4 cm³/mol. The van der Waals surface area contributed by atoms with Crippen LogP contribution in [0, 0.1) is 5.82 Å². The first-order valence-corrected chi connectivity index (χ1v) is 9.13. The molecule has 0 unspecified atom stereocenters. The molecule has 0 saturated carbocycles. The minimum absolute atomic E-state index is 0.00175. The summed E-state index contributed by atoms with van der Waals surface area (Å²) < 4.78 is 41.6. The monoisotopic (exact) mass is 366 g/mol. The van der Waals surface area contributed by atoms with Crippen LogP contribution in [-0.4, -0.2) is 45.1 Å². The highest BCUT2D eigenvalue weighted by molar-refractivity contribution is 7.87. The van der Waals surface area contributed by atoms with E-state index in [-0.39, 0.29) is 30.5 Å². The molecule has 1 N–H and O–H groups in total. The molecule has 2 rings (SSSR count). The largest absolute Gasteiger partial charge is 0.382 e. The number of nitrogens with zero attached hydrogens (tertiary/aromatic N) is 1. The number of para-hydroxylation sites is 1. The van der Waals surface area contributed by atoms with Crippen LogP contribution in [0.1, 0.15) is 0 Å². The molecule has 2 aromatic carbocycles. The molecule has 0 aliphatic heterocycles. The molecule has 0 fully saturated rings. The molecule has 0 saturated heterocycles. The predicted octanol–water partition coefficient (Wildman–Crippen LogP) is 2.10. The van der Waals surface area contributed by atoms with Gasteiger partial charge in [0, 0.05) is 12.2 Å². The molecule has 0 heterocycles. The number of rotatable bonds is 8. The highest BCUT2D eigenvalue weighted by Crippen LogP contribution is 2.12. The maximum absolute atomic E-state index is 12.8. The minimum atomic E-state index is -3.74. The van der Waals surface area contributed by atoms with E-state index in [1.54, 1.807) is 42.3 Å². The standard InChI is InChI=1S/C17H19FN2O4S/c1-20(13-17(21)19-15-9-7-14(18)8-10-15)11-12-25(22,23)24-16-5-3-2-4-6-16/h2-10H,11-13H2,1H3,(H,19,21). The van der Waals surface area contributed by atoms with E-state index < -0.39 is 15.9 Å². The molecule has 6 nitrogen and oxygen atoms in total. The van der Waals surface area contributed by atoms with Crippen molar-refractivity contribution in [3.63, 3.8) is 0 Å². The van der Waals surface area contributed by atoms with Crippen LogP contribution in [0.2, 0.25) is 0 Å². The molecule has 25 heavy (non-hydrogen) atoms. The average molecular weight is 366 g/mol. The molecule has 0 bridgehead atoms. The van der Waals surface area contributed by atoms with Gasteiger partial charge in [-0.05, 0) is 43.4 Å². The first-order valence-electron chi connectivity index (χ1n) is 7.55. The number of benzene rings is 2. The third-order valence-corrected chi connectivity index (χ3v) is 4.36. The Hall–Kier alpha value is -2.45. The van der Waals surface area contributed by atoms with Crippen molar-refractivity contribution < 1.29 is 21.8 Å². The summed E-state index contributed by atoms with van der Waals surface area (Å²) in [6.07, 6.45) is 0. The van der Waals surface area contributed by atoms with Gasteiger partial charge in [0.15, 0.2) is 0 Å². The molecule has 0 aliphatic rings. The lowest BCUT2D eigenvalue weighted by Crippen LogP contribution is -2.34. The van der Waals surface area contributed by atoms with Gasteiger partial charge in [-0.25, -0.2) is 4.39 Å². The Morgan fingerprint density at radius 2 is 1.76 bits per heavy atom. The van der Waals surface area contributed by atoms with Crippen LogP contribution >= 0.6 is 0 Å². The van der Waals surface area contributed by atoms with Crippen molar-refractivity contribution in [3.8, 4) is 5.75 Å². The maximum atomic E-state index is 12.8. The third kappa shape index (κ3) is 6.90. The van der Waals surface area contributed by atoms with E-state index >= 15 is 0 Å². The van der Waals surface area contributed by atoms with Gasteiger partial charge in [0.2, 0.25) is 5.91 Å². The van der Waals surface area contributed by atoms with Crippen molar-refractivity contribution in [1.29, 1.82) is 0 Å². The number of hydrogen-bond acceptors (Lipinski definition) is 5. The fourth-order valence-electron chi connectivity index (χ4n) is 1.99. The topological polar surface area (TPSA) is 75.7 Å². The van der Waals surface area contributed by atoms with Crippen molar-refractivity contribution in [2.45, 2.75) is 0 Å². The number of hydrogen-bond donors (Lipinski definition) is 1. The van der Waals surface area contributed by atoms with Gasteiger partial charge < -0.3 is 9.50 Å². The summed E-state index contributed by atoms with van der Waals surface area (Å²) in [7, 11) is -2.12. The number of halogens is 1. The second-order valence-electron chi connectivity index (χ2n) is 5.45. The van der Waals surface area contributed by atoms with Gasteiger partial charge in [-0.15, -0.1) is 0 Å². The van der Waals surface area contributed by atoms with Gasteiger partial charge in [0.1, 0.15) is 11.6 Å². The summed E-state index contributed by atoms with van der Waals surface area (Å²) >= 11 is 0. The zero-order valence-corrected chi connectivity index (χ0v) is 14.5. The van der Waals surface area contributed by atoms with Crippen LogP contribution in [0.15, 0.2) is 54.6 Å². The van der Waals surface area contributed by atoms with Crippen LogP contribution in [0.3, 0.4) is 0 Å². The number of carbonyl (C=O) groups excluding carboxylic acids is 1. The van der Waals surface area contributed by atoms with Gasteiger partial charge in [-0.3, -0.25) is 9.69 Å². The molecule has 0 aromatic heterocycles. The summed E-state index contributed by atoms with van der Waals surface area (Å²) in [5.41, 5.74) is 0.472. The van der Waals surface area contributed by atoms with Gasteiger partial charge in [0.05, 0.1) is 12.3 Å². The van der Waals surface area contributed by atoms with E-state index in [1.165, 1.54) is 24.3 Å². The number of amides is 1. The van der Waals surface area contributed by atoms with Crippen molar-refractivity contribution in [3.05, 3.63) is 60.4 Å². The Balaban J connectivity index is 1.78. The highest BCUT2D eigenvalue weighted by Gasteiger charge is 2.15. The van der Waals surface area contributed by atoms with Gasteiger partial charge in [0.25, 0.3) is 0 Å². The SMILES string of the molecule is CN(CCS(=O)(=O)Oc1ccccc1)CC(=O)Nc1ccc(F)cc1. The fraction of sp³-hybridized carbons (Fsp3) is 0.235. The smallest absolute Gasteiger partial charge is 0.310 e. The van der Waals surface area contributed by atoms with Gasteiger partial charge in [-0.2, -0.15) is 8.42 Å². The van der Waals surface area contributed by atoms with Crippen LogP contribution < -0.4 is 9.50 Å². The van der Waals surface area contributed by atoms with E-state index in [4.69, 9.17) is 4.18 Å². The van der Waals surface area contributed by atoms with Crippen molar-refractivity contribution in [1.82, 2.24) is 4.90 Å². The van der Waals surface area contributed by atoms with E-state index in [9.17, 15) is 17.6 Å².